The molecule has 0 bridgehead atoms. The number of carbonyl (C=O) groups is 2. The highest BCUT2D eigenvalue weighted by Gasteiger charge is 2.25. The van der Waals surface area contributed by atoms with Gasteiger partial charge in [0.25, 0.3) is 0 Å². The fraction of sp³-hybridized carbons (Fsp3) is 0.846. The standard InChI is InChI=1S/C13H24N2O3/c1-10(12(15-9-16)13(17)14-2)18-8-11-6-4-3-5-7-11/h9-12H,3-8H2,1-2H3,(H,14,17)(H,15,16). The van der Waals surface area contributed by atoms with E-state index in [9.17, 15) is 9.59 Å². The Morgan fingerprint density at radius 1 is 1.39 bits per heavy atom. The zero-order chi connectivity index (χ0) is 13.4. The molecule has 1 saturated carbocycles. The second kappa shape index (κ2) is 8.08. The van der Waals surface area contributed by atoms with E-state index in [1.165, 1.54) is 32.1 Å². The molecule has 2 atom stereocenters. The minimum Gasteiger partial charge on any atom is -0.376 e. The van der Waals surface area contributed by atoms with E-state index in [0.717, 1.165) is 0 Å². The maximum atomic E-state index is 11.6. The van der Waals surface area contributed by atoms with Gasteiger partial charge in [0.1, 0.15) is 6.04 Å². The average Bonchev–Trinajstić information content (AvgIpc) is 2.42. The Morgan fingerprint density at radius 2 is 2.06 bits per heavy atom. The largest absolute Gasteiger partial charge is 0.376 e. The Morgan fingerprint density at radius 3 is 2.61 bits per heavy atom. The van der Waals surface area contributed by atoms with Gasteiger partial charge in [-0.2, -0.15) is 0 Å². The lowest BCUT2D eigenvalue weighted by Gasteiger charge is -2.26. The van der Waals surface area contributed by atoms with E-state index in [1.807, 2.05) is 6.92 Å². The zero-order valence-electron chi connectivity index (χ0n) is 11.3. The summed E-state index contributed by atoms with van der Waals surface area (Å²) in [5, 5.41) is 5.03. The van der Waals surface area contributed by atoms with Crippen molar-refractivity contribution in [2.75, 3.05) is 13.7 Å². The van der Waals surface area contributed by atoms with Crippen molar-refractivity contribution in [2.24, 2.45) is 5.92 Å². The summed E-state index contributed by atoms with van der Waals surface area (Å²) in [6.07, 6.45) is 6.51. The second-order valence-electron chi connectivity index (χ2n) is 4.92. The molecule has 2 N–H and O–H groups in total. The lowest BCUT2D eigenvalue weighted by atomic mass is 9.90. The fourth-order valence-corrected chi connectivity index (χ4v) is 2.39. The lowest BCUT2D eigenvalue weighted by molar-refractivity contribution is -0.129. The van der Waals surface area contributed by atoms with Crippen LogP contribution in [0, 0.1) is 5.92 Å². The minimum absolute atomic E-state index is 0.224. The molecule has 0 aromatic heterocycles. The van der Waals surface area contributed by atoms with Crippen LogP contribution in [0.4, 0.5) is 0 Å². The Kier molecular flexibility index (Phi) is 6.72. The van der Waals surface area contributed by atoms with Crippen molar-refractivity contribution in [1.29, 1.82) is 0 Å². The molecule has 18 heavy (non-hydrogen) atoms. The predicted molar refractivity (Wildman–Crippen MR) is 69.0 cm³/mol. The van der Waals surface area contributed by atoms with E-state index < -0.39 is 6.04 Å². The molecule has 1 rings (SSSR count). The van der Waals surface area contributed by atoms with Crippen molar-refractivity contribution in [3.63, 3.8) is 0 Å². The average molecular weight is 256 g/mol. The Hall–Kier alpha value is -1.10. The molecule has 1 aliphatic carbocycles. The van der Waals surface area contributed by atoms with E-state index >= 15 is 0 Å². The van der Waals surface area contributed by atoms with Crippen molar-refractivity contribution in [1.82, 2.24) is 10.6 Å². The summed E-state index contributed by atoms with van der Waals surface area (Å²) in [6, 6.07) is -0.615. The molecule has 2 unspecified atom stereocenters. The van der Waals surface area contributed by atoms with Crippen LogP contribution < -0.4 is 10.6 Å². The third-order valence-electron chi connectivity index (χ3n) is 3.57. The molecule has 1 aliphatic rings. The normalized spacial score (nSPS) is 19.9. The third-order valence-corrected chi connectivity index (χ3v) is 3.57. The van der Waals surface area contributed by atoms with Crippen molar-refractivity contribution < 1.29 is 14.3 Å². The molecular weight excluding hydrogens is 232 g/mol. The third kappa shape index (κ3) is 4.64. The van der Waals surface area contributed by atoms with Gasteiger partial charge < -0.3 is 15.4 Å². The van der Waals surface area contributed by atoms with Crippen molar-refractivity contribution in [3.8, 4) is 0 Å². The molecule has 5 nitrogen and oxygen atoms in total. The first-order valence-corrected chi connectivity index (χ1v) is 6.72. The summed E-state index contributed by atoms with van der Waals surface area (Å²) in [5.74, 6) is 0.376. The van der Waals surface area contributed by atoms with Gasteiger partial charge in [0.15, 0.2) is 0 Å². The van der Waals surface area contributed by atoms with E-state index in [1.54, 1.807) is 7.05 Å². The molecule has 0 radical (unpaired) electrons. The molecule has 0 heterocycles. The first-order valence-electron chi connectivity index (χ1n) is 6.72. The maximum absolute atomic E-state index is 11.6. The zero-order valence-corrected chi connectivity index (χ0v) is 11.3. The smallest absolute Gasteiger partial charge is 0.245 e. The minimum atomic E-state index is -0.615. The molecule has 104 valence electrons. The number of carbonyl (C=O) groups excluding carboxylic acids is 2. The number of nitrogens with one attached hydrogen (secondary N) is 2. The van der Waals surface area contributed by atoms with E-state index in [2.05, 4.69) is 10.6 Å². The van der Waals surface area contributed by atoms with Gasteiger partial charge in [-0.3, -0.25) is 9.59 Å². The van der Waals surface area contributed by atoms with Crippen LogP contribution >= 0.6 is 0 Å². The van der Waals surface area contributed by atoms with Gasteiger partial charge in [0.2, 0.25) is 12.3 Å². The van der Waals surface area contributed by atoms with E-state index in [4.69, 9.17) is 4.74 Å². The number of hydrogen-bond donors (Lipinski definition) is 2. The molecule has 0 aliphatic heterocycles. The van der Waals surface area contributed by atoms with Gasteiger partial charge in [-0.25, -0.2) is 0 Å². The predicted octanol–water partition coefficient (Wildman–Crippen LogP) is 0.832. The van der Waals surface area contributed by atoms with Crippen molar-refractivity contribution >= 4 is 12.3 Å². The highest BCUT2D eigenvalue weighted by atomic mass is 16.5. The number of amides is 2. The Balaban J connectivity index is 2.37. The molecule has 2 amide bonds. The number of likely N-dealkylation sites (N-methyl/N-ethyl adjacent to an activating group) is 1. The van der Waals surface area contributed by atoms with Crippen LogP contribution in [-0.4, -0.2) is 38.1 Å². The van der Waals surface area contributed by atoms with Gasteiger partial charge in [0, 0.05) is 13.7 Å². The molecule has 5 heteroatoms. The molecule has 0 saturated heterocycles. The SMILES string of the molecule is CNC(=O)C(NC=O)C(C)OCC1CCCCC1. The van der Waals surface area contributed by atoms with Crippen LogP contribution in [-0.2, 0) is 14.3 Å². The highest BCUT2D eigenvalue weighted by Crippen LogP contribution is 2.24. The van der Waals surface area contributed by atoms with Gasteiger partial charge in [0.05, 0.1) is 6.10 Å². The van der Waals surface area contributed by atoms with E-state index in [-0.39, 0.29) is 12.0 Å². The molecule has 0 spiro atoms. The monoisotopic (exact) mass is 256 g/mol. The lowest BCUT2D eigenvalue weighted by Crippen LogP contribution is -2.50. The summed E-state index contributed by atoms with van der Waals surface area (Å²) in [4.78, 5) is 22.1. The van der Waals surface area contributed by atoms with E-state index in [0.29, 0.717) is 18.9 Å². The van der Waals surface area contributed by atoms with Crippen molar-refractivity contribution in [3.05, 3.63) is 0 Å². The van der Waals surface area contributed by atoms with Crippen molar-refractivity contribution in [2.45, 2.75) is 51.2 Å². The first kappa shape index (κ1) is 15.0. The quantitative estimate of drug-likeness (QED) is 0.663. The van der Waals surface area contributed by atoms with Crippen LogP contribution in [0.15, 0.2) is 0 Å². The molecule has 0 aromatic carbocycles. The van der Waals surface area contributed by atoms with Crippen LogP contribution in [0.3, 0.4) is 0 Å². The molecular formula is C13H24N2O3. The topological polar surface area (TPSA) is 67.4 Å². The van der Waals surface area contributed by atoms with Crippen LogP contribution in [0.1, 0.15) is 39.0 Å². The Bertz CT molecular complexity index is 265. The first-order chi connectivity index (χ1) is 8.69. The highest BCUT2D eigenvalue weighted by molar-refractivity contribution is 5.83. The summed E-state index contributed by atoms with van der Waals surface area (Å²) < 4.78 is 5.74. The van der Waals surface area contributed by atoms with Gasteiger partial charge in [-0.1, -0.05) is 19.3 Å². The van der Waals surface area contributed by atoms with Crippen LogP contribution in [0.5, 0.6) is 0 Å². The maximum Gasteiger partial charge on any atom is 0.245 e. The van der Waals surface area contributed by atoms with Gasteiger partial charge in [-0.05, 0) is 25.7 Å². The second-order valence-corrected chi connectivity index (χ2v) is 4.92. The van der Waals surface area contributed by atoms with Crippen LogP contribution in [0.2, 0.25) is 0 Å². The summed E-state index contributed by atoms with van der Waals surface area (Å²) >= 11 is 0. The van der Waals surface area contributed by atoms with Gasteiger partial charge >= 0.3 is 0 Å². The molecule has 1 fully saturated rings. The summed E-state index contributed by atoms with van der Waals surface area (Å²) in [7, 11) is 1.55. The molecule has 0 aromatic rings. The number of ether oxygens (including phenoxy) is 1. The summed E-state index contributed by atoms with van der Waals surface area (Å²) in [5.41, 5.74) is 0. The number of rotatable bonds is 7. The summed E-state index contributed by atoms with van der Waals surface area (Å²) in [6.45, 7) is 2.49. The van der Waals surface area contributed by atoms with Gasteiger partial charge in [-0.15, -0.1) is 0 Å². The number of hydrogen-bond acceptors (Lipinski definition) is 3. The Labute approximate surface area is 109 Å². The van der Waals surface area contributed by atoms with Crippen LogP contribution in [0.25, 0.3) is 0 Å². The fourth-order valence-electron chi connectivity index (χ4n) is 2.39.